The molecular formula is C20H20O3. The van der Waals surface area contributed by atoms with Crippen molar-refractivity contribution in [3.05, 3.63) is 90.0 Å². The molecule has 23 heavy (non-hydrogen) atoms. The molecular weight excluding hydrogens is 288 g/mol. The van der Waals surface area contributed by atoms with Crippen molar-refractivity contribution in [2.24, 2.45) is 0 Å². The summed E-state index contributed by atoms with van der Waals surface area (Å²) < 4.78 is 0. The number of hydrogen-bond donors (Lipinski definition) is 3. The minimum Gasteiger partial charge on any atom is -0.508 e. The molecule has 0 heterocycles. The molecule has 0 radical (unpaired) electrons. The van der Waals surface area contributed by atoms with E-state index in [9.17, 15) is 10.2 Å². The summed E-state index contributed by atoms with van der Waals surface area (Å²) in [4.78, 5) is 0. The summed E-state index contributed by atoms with van der Waals surface area (Å²) in [5.74, 6) is 1.13. The Kier molecular flexibility index (Phi) is 5.64. The van der Waals surface area contributed by atoms with E-state index >= 15 is 0 Å². The van der Waals surface area contributed by atoms with Gasteiger partial charge in [0.1, 0.15) is 17.2 Å². The highest BCUT2D eigenvalue weighted by Gasteiger charge is 2.07. The first-order valence-corrected chi connectivity index (χ1v) is 7.38. The number of phenols is 3. The summed E-state index contributed by atoms with van der Waals surface area (Å²) in [5, 5.41) is 27.1. The van der Waals surface area contributed by atoms with Crippen molar-refractivity contribution < 1.29 is 15.3 Å². The maximum atomic E-state index is 9.21. The zero-order valence-electron chi connectivity index (χ0n) is 12.9. The van der Waals surface area contributed by atoms with Crippen molar-refractivity contribution in [2.75, 3.05) is 0 Å². The fourth-order valence-corrected chi connectivity index (χ4v) is 2.15. The van der Waals surface area contributed by atoms with Gasteiger partial charge in [-0.2, -0.15) is 0 Å². The van der Waals surface area contributed by atoms with Crippen LogP contribution < -0.4 is 0 Å². The minimum absolute atomic E-state index is 0.251. The summed E-state index contributed by atoms with van der Waals surface area (Å²) >= 11 is 0. The zero-order valence-corrected chi connectivity index (χ0v) is 12.9. The van der Waals surface area contributed by atoms with Crippen LogP contribution in [0.3, 0.4) is 0 Å². The molecule has 0 aromatic heterocycles. The van der Waals surface area contributed by atoms with Crippen LogP contribution in [0.2, 0.25) is 0 Å². The Morgan fingerprint density at radius 1 is 0.522 bits per heavy atom. The van der Waals surface area contributed by atoms with E-state index in [2.05, 4.69) is 6.92 Å². The lowest BCUT2D eigenvalue weighted by atomic mass is 9.93. The topological polar surface area (TPSA) is 60.7 Å². The largest absolute Gasteiger partial charge is 0.508 e. The monoisotopic (exact) mass is 308 g/mol. The Balaban J connectivity index is 0.000000229. The van der Waals surface area contributed by atoms with E-state index in [1.54, 1.807) is 48.5 Å². The fourth-order valence-electron chi connectivity index (χ4n) is 2.15. The average molecular weight is 308 g/mol. The van der Waals surface area contributed by atoms with Gasteiger partial charge in [0, 0.05) is 5.92 Å². The van der Waals surface area contributed by atoms with Gasteiger partial charge in [-0.05, 0) is 47.5 Å². The Labute approximate surface area is 136 Å². The van der Waals surface area contributed by atoms with Crippen LogP contribution in [0.15, 0.2) is 78.9 Å². The zero-order chi connectivity index (χ0) is 16.7. The molecule has 0 saturated carbocycles. The van der Waals surface area contributed by atoms with Gasteiger partial charge in [-0.15, -0.1) is 0 Å². The van der Waals surface area contributed by atoms with E-state index in [1.165, 1.54) is 0 Å². The van der Waals surface area contributed by atoms with Crippen LogP contribution >= 0.6 is 0 Å². The van der Waals surface area contributed by atoms with Crippen LogP contribution in [0.1, 0.15) is 24.0 Å². The molecule has 118 valence electrons. The van der Waals surface area contributed by atoms with E-state index in [1.807, 2.05) is 30.3 Å². The lowest BCUT2D eigenvalue weighted by Gasteiger charge is -2.12. The maximum absolute atomic E-state index is 9.21. The second-order valence-electron chi connectivity index (χ2n) is 5.24. The molecule has 0 bridgehead atoms. The quantitative estimate of drug-likeness (QED) is 0.646. The smallest absolute Gasteiger partial charge is 0.115 e. The van der Waals surface area contributed by atoms with Crippen molar-refractivity contribution >= 4 is 0 Å². The van der Waals surface area contributed by atoms with E-state index in [4.69, 9.17) is 5.11 Å². The van der Waals surface area contributed by atoms with Crippen molar-refractivity contribution in [3.63, 3.8) is 0 Å². The van der Waals surface area contributed by atoms with Gasteiger partial charge in [0.25, 0.3) is 0 Å². The predicted molar refractivity (Wildman–Crippen MR) is 91.8 cm³/mol. The lowest BCUT2D eigenvalue weighted by Crippen LogP contribution is -1.94. The molecule has 3 aromatic carbocycles. The number of aromatic hydroxyl groups is 3. The summed E-state index contributed by atoms with van der Waals surface area (Å²) in [6.07, 6.45) is 0. The molecule has 0 unspecified atom stereocenters. The van der Waals surface area contributed by atoms with E-state index in [0.29, 0.717) is 5.75 Å². The third kappa shape index (κ3) is 5.08. The van der Waals surface area contributed by atoms with Crippen LogP contribution in [-0.4, -0.2) is 15.3 Å². The molecule has 0 saturated heterocycles. The third-order valence-electron chi connectivity index (χ3n) is 3.54. The molecule has 0 spiro atoms. The SMILES string of the molecule is CC(c1ccc(O)cc1)c1ccc(O)cc1.Oc1ccccc1. The van der Waals surface area contributed by atoms with Gasteiger partial charge in [-0.25, -0.2) is 0 Å². The van der Waals surface area contributed by atoms with E-state index < -0.39 is 0 Å². The first-order chi connectivity index (χ1) is 11.1. The van der Waals surface area contributed by atoms with Crippen molar-refractivity contribution in [1.29, 1.82) is 0 Å². The molecule has 0 fully saturated rings. The van der Waals surface area contributed by atoms with Crippen LogP contribution in [-0.2, 0) is 0 Å². The molecule has 3 nitrogen and oxygen atoms in total. The molecule has 0 amide bonds. The predicted octanol–water partition coefficient (Wildman–Crippen LogP) is 4.64. The molecule has 3 N–H and O–H groups in total. The van der Waals surface area contributed by atoms with Gasteiger partial charge in [0.2, 0.25) is 0 Å². The Hall–Kier alpha value is -2.94. The highest BCUT2D eigenvalue weighted by Crippen LogP contribution is 2.26. The van der Waals surface area contributed by atoms with Gasteiger partial charge >= 0.3 is 0 Å². The van der Waals surface area contributed by atoms with Crippen molar-refractivity contribution in [1.82, 2.24) is 0 Å². The van der Waals surface area contributed by atoms with Gasteiger partial charge in [0.05, 0.1) is 0 Å². The molecule has 3 heteroatoms. The first kappa shape index (κ1) is 16.4. The standard InChI is InChI=1S/C14H14O2.C6H6O/c1-10(11-2-6-13(15)7-3-11)12-4-8-14(16)9-5-12;7-6-4-2-1-3-5-6/h2-10,15-16H,1H3;1-5,7H. The molecule has 0 atom stereocenters. The number of hydrogen-bond acceptors (Lipinski definition) is 3. The summed E-state index contributed by atoms with van der Waals surface area (Å²) in [6.45, 7) is 2.10. The van der Waals surface area contributed by atoms with Gasteiger partial charge < -0.3 is 15.3 Å². The summed E-state index contributed by atoms with van der Waals surface area (Å²) in [7, 11) is 0. The highest BCUT2D eigenvalue weighted by molar-refractivity contribution is 5.36. The maximum Gasteiger partial charge on any atom is 0.115 e. The van der Waals surface area contributed by atoms with Gasteiger partial charge in [-0.1, -0.05) is 49.4 Å². The van der Waals surface area contributed by atoms with Crippen LogP contribution in [0, 0.1) is 0 Å². The van der Waals surface area contributed by atoms with Crippen LogP contribution in [0.4, 0.5) is 0 Å². The molecule has 3 rings (SSSR count). The Bertz CT molecular complexity index is 659. The second kappa shape index (κ2) is 7.90. The average Bonchev–Trinajstić information content (AvgIpc) is 2.57. The molecule has 0 aliphatic rings. The highest BCUT2D eigenvalue weighted by atomic mass is 16.3. The van der Waals surface area contributed by atoms with Crippen molar-refractivity contribution in [2.45, 2.75) is 12.8 Å². The third-order valence-corrected chi connectivity index (χ3v) is 3.54. The van der Waals surface area contributed by atoms with Crippen molar-refractivity contribution in [3.8, 4) is 17.2 Å². The fraction of sp³-hybridized carbons (Fsp3) is 0.100. The number of rotatable bonds is 2. The molecule has 0 aliphatic heterocycles. The number of benzene rings is 3. The van der Waals surface area contributed by atoms with Crippen LogP contribution in [0.25, 0.3) is 0 Å². The van der Waals surface area contributed by atoms with E-state index in [0.717, 1.165) is 11.1 Å². The summed E-state index contributed by atoms with van der Waals surface area (Å²) in [5.41, 5.74) is 2.28. The molecule has 0 aliphatic carbocycles. The first-order valence-electron chi connectivity index (χ1n) is 7.38. The Morgan fingerprint density at radius 3 is 1.17 bits per heavy atom. The van der Waals surface area contributed by atoms with Gasteiger partial charge in [-0.3, -0.25) is 0 Å². The minimum atomic E-state index is 0.251. The second-order valence-corrected chi connectivity index (χ2v) is 5.24. The normalized spacial score (nSPS) is 10.0. The molecule has 3 aromatic rings. The Morgan fingerprint density at radius 2 is 0.870 bits per heavy atom. The van der Waals surface area contributed by atoms with E-state index in [-0.39, 0.29) is 17.4 Å². The van der Waals surface area contributed by atoms with Gasteiger partial charge in [0.15, 0.2) is 0 Å². The number of para-hydroxylation sites is 1. The van der Waals surface area contributed by atoms with Crippen LogP contribution in [0.5, 0.6) is 17.2 Å². The summed E-state index contributed by atoms with van der Waals surface area (Å²) in [6, 6.07) is 23.1. The number of phenolic OH excluding ortho intramolecular Hbond substituents is 3. The lowest BCUT2D eigenvalue weighted by molar-refractivity contribution is 0.474.